The number of thiocarbonyl (C=S) groups is 1. The van der Waals surface area contributed by atoms with Gasteiger partial charge >= 0.3 is 0 Å². The Hall–Kier alpha value is -2.13. The van der Waals surface area contributed by atoms with Gasteiger partial charge in [-0.2, -0.15) is 0 Å². The second-order valence-electron chi connectivity index (χ2n) is 9.23. The minimum absolute atomic E-state index is 0.118. The van der Waals surface area contributed by atoms with Gasteiger partial charge in [-0.25, -0.2) is 13.4 Å². The van der Waals surface area contributed by atoms with E-state index in [2.05, 4.69) is 29.0 Å². The van der Waals surface area contributed by atoms with E-state index in [0.717, 1.165) is 36.5 Å². The molecular formula is C23H32N4O3S2. The van der Waals surface area contributed by atoms with Gasteiger partial charge in [-0.15, -0.1) is 0 Å². The van der Waals surface area contributed by atoms with E-state index in [-0.39, 0.29) is 16.8 Å². The molecule has 1 aromatic carbocycles. The third-order valence-corrected chi connectivity index (χ3v) is 7.65. The minimum atomic E-state index is -3.63. The number of ether oxygens (including phenoxy) is 1. The topological polar surface area (TPSA) is 76.5 Å². The molecule has 0 radical (unpaired) electrons. The fourth-order valence-electron chi connectivity index (χ4n) is 3.79. The lowest BCUT2D eigenvalue weighted by atomic mass is 10.2. The average Bonchev–Trinajstić information content (AvgIpc) is 3.66. The predicted molar refractivity (Wildman–Crippen MR) is 128 cm³/mol. The van der Waals surface area contributed by atoms with Crippen LogP contribution < -0.4 is 10.1 Å². The Bertz CT molecular complexity index is 1070. The number of nitrogens with zero attached hydrogens (tertiary/aromatic N) is 3. The molecule has 0 saturated heterocycles. The highest BCUT2D eigenvalue weighted by molar-refractivity contribution is 7.90. The summed E-state index contributed by atoms with van der Waals surface area (Å²) in [6.07, 6.45) is 6.26. The van der Waals surface area contributed by atoms with Crippen LogP contribution in [-0.4, -0.2) is 47.2 Å². The summed E-state index contributed by atoms with van der Waals surface area (Å²) in [4.78, 5) is 6.61. The molecule has 1 N–H and O–H groups in total. The first-order chi connectivity index (χ1) is 15.3. The first-order valence-corrected chi connectivity index (χ1v) is 13.3. The monoisotopic (exact) mass is 476 g/mol. The molecule has 174 valence electrons. The molecule has 0 amide bonds. The first-order valence-electron chi connectivity index (χ1n) is 11.2. The summed E-state index contributed by atoms with van der Waals surface area (Å²) in [6.45, 7) is 5.32. The van der Waals surface area contributed by atoms with Gasteiger partial charge in [0, 0.05) is 18.6 Å². The van der Waals surface area contributed by atoms with Crippen LogP contribution in [0.25, 0.3) is 0 Å². The van der Waals surface area contributed by atoms with Crippen LogP contribution in [0.1, 0.15) is 50.8 Å². The summed E-state index contributed by atoms with van der Waals surface area (Å²) >= 11 is 5.68. The number of nitrogens with one attached hydrogen (secondary N) is 1. The van der Waals surface area contributed by atoms with Gasteiger partial charge in [0.25, 0.3) is 0 Å². The second kappa shape index (κ2) is 9.39. The smallest absolute Gasteiger partial charge is 0.228 e. The van der Waals surface area contributed by atoms with Gasteiger partial charge in [0.05, 0.1) is 31.3 Å². The Labute approximate surface area is 196 Å². The van der Waals surface area contributed by atoms with Gasteiger partial charge in [0.15, 0.2) is 5.11 Å². The molecule has 2 saturated carbocycles. The predicted octanol–water partition coefficient (Wildman–Crippen LogP) is 3.52. The van der Waals surface area contributed by atoms with E-state index in [0.29, 0.717) is 36.5 Å². The Morgan fingerprint density at radius 2 is 2.06 bits per heavy atom. The zero-order valence-electron chi connectivity index (χ0n) is 19.0. The lowest BCUT2D eigenvalue weighted by molar-refractivity contribution is 0.370. The quantitative estimate of drug-likeness (QED) is 0.526. The number of imidazole rings is 1. The molecule has 7 nitrogen and oxygen atoms in total. The summed E-state index contributed by atoms with van der Waals surface area (Å²) < 4.78 is 33.8. The van der Waals surface area contributed by atoms with Gasteiger partial charge in [-0.3, -0.25) is 0 Å². The molecule has 0 aliphatic heterocycles. The highest BCUT2D eigenvalue weighted by Gasteiger charge is 2.34. The van der Waals surface area contributed by atoms with Crippen molar-refractivity contribution in [2.24, 2.45) is 5.92 Å². The van der Waals surface area contributed by atoms with Gasteiger partial charge in [-0.1, -0.05) is 26.0 Å². The van der Waals surface area contributed by atoms with Crippen LogP contribution >= 0.6 is 12.2 Å². The number of methoxy groups -OCH3 is 1. The Morgan fingerprint density at radius 3 is 2.69 bits per heavy atom. The maximum absolute atomic E-state index is 13.4. The van der Waals surface area contributed by atoms with Crippen molar-refractivity contribution in [1.82, 2.24) is 19.8 Å². The lowest BCUT2D eigenvalue weighted by Gasteiger charge is -2.26. The molecule has 2 aliphatic rings. The summed E-state index contributed by atoms with van der Waals surface area (Å²) in [5.74, 6) is 0.799. The molecule has 32 heavy (non-hydrogen) atoms. The largest absolute Gasteiger partial charge is 0.497 e. The van der Waals surface area contributed by atoms with E-state index in [9.17, 15) is 8.42 Å². The Kier molecular flexibility index (Phi) is 6.76. The van der Waals surface area contributed by atoms with Crippen molar-refractivity contribution in [2.45, 2.75) is 75.6 Å². The number of aromatic nitrogens is 2. The fourth-order valence-corrected chi connectivity index (χ4v) is 5.65. The molecule has 2 aromatic rings. The minimum Gasteiger partial charge on any atom is -0.497 e. The van der Waals surface area contributed by atoms with Gasteiger partial charge in [-0.05, 0) is 61.5 Å². The van der Waals surface area contributed by atoms with Gasteiger partial charge < -0.3 is 19.5 Å². The van der Waals surface area contributed by atoms with Crippen LogP contribution in [0, 0.1) is 5.92 Å². The maximum atomic E-state index is 13.4. The van der Waals surface area contributed by atoms with E-state index in [4.69, 9.17) is 17.0 Å². The molecule has 2 fully saturated rings. The normalized spacial score (nSPS) is 16.2. The molecule has 0 unspecified atom stereocenters. The van der Waals surface area contributed by atoms with Crippen molar-refractivity contribution < 1.29 is 13.2 Å². The third kappa shape index (κ3) is 5.61. The zero-order chi connectivity index (χ0) is 22.9. The van der Waals surface area contributed by atoms with Crippen molar-refractivity contribution in [3.05, 3.63) is 41.7 Å². The van der Waals surface area contributed by atoms with Crippen molar-refractivity contribution in [3.8, 4) is 5.75 Å². The third-order valence-electron chi connectivity index (χ3n) is 5.70. The average molecular weight is 477 g/mol. The van der Waals surface area contributed by atoms with E-state index in [1.807, 2.05) is 4.57 Å². The van der Waals surface area contributed by atoms with Crippen molar-refractivity contribution >= 4 is 27.2 Å². The van der Waals surface area contributed by atoms with Crippen LogP contribution in [0.2, 0.25) is 0 Å². The molecule has 0 bridgehead atoms. The van der Waals surface area contributed by atoms with E-state index in [1.54, 1.807) is 37.6 Å². The summed E-state index contributed by atoms with van der Waals surface area (Å²) in [7, 11) is -2.06. The van der Waals surface area contributed by atoms with Crippen molar-refractivity contribution in [1.29, 1.82) is 0 Å². The highest BCUT2D eigenvalue weighted by atomic mass is 32.2. The zero-order valence-corrected chi connectivity index (χ0v) is 20.6. The van der Waals surface area contributed by atoms with E-state index in [1.165, 1.54) is 0 Å². The highest BCUT2D eigenvalue weighted by Crippen LogP contribution is 2.30. The summed E-state index contributed by atoms with van der Waals surface area (Å²) in [6, 6.07) is 8.07. The number of rotatable bonds is 10. The molecule has 2 aliphatic carbocycles. The van der Waals surface area contributed by atoms with Crippen molar-refractivity contribution in [3.63, 3.8) is 0 Å². The first kappa shape index (κ1) is 23.0. The van der Waals surface area contributed by atoms with Gasteiger partial charge in [0.1, 0.15) is 5.75 Å². The Balaban J connectivity index is 1.60. The molecule has 0 spiro atoms. The molecular weight excluding hydrogens is 444 g/mol. The second-order valence-corrected chi connectivity index (χ2v) is 11.5. The molecule has 1 aromatic heterocycles. The standard InChI is InChI=1S/C23H32N4O3S2/c1-16(2)13-27-20(14-26(19-9-10-19)22(31)25-18-7-8-18)12-24-23(27)32(28,29)15-17-5-4-6-21(11-17)30-3/h4-6,11-12,16,18-19H,7-10,13-15H2,1-3H3,(H,25,31). The van der Waals surface area contributed by atoms with E-state index >= 15 is 0 Å². The number of benzene rings is 1. The van der Waals surface area contributed by atoms with Crippen LogP contribution in [0.4, 0.5) is 0 Å². The summed E-state index contributed by atoms with van der Waals surface area (Å²) in [5, 5.41) is 4.33. The molecule has 4 rings (SSSR count). The SMILES string of the molecule is COc1cccc(CS(=O)(=O)c2ncc(CN(C(=S)NC3CC3)C3CC3)n2CC(C)C)c1. The lowest BCUT2D eigenvalue weighted by Crippen LogP contribution is -2.42. The van der Waals surface area contributed by atoms with Crippen molar-refractivity contribution in [2.75, 3.05) is 7.11 Å². The molecule has 1 heterocycles. The maximum Gasteiger partial charge on any atom is 0.228 e. The van der Waals surface area contributed by atoms with Crippen LogP contribution in [0.5, 0.6) is 5.75 Å². The fraction of sp³-hybridized carbons (Fsp3) is 0.565. The van der Waals surface area contributed by atoms with Crippen LogP contribution in [0.15, 0.2) is 35.6 Å². The molecule has 0 atom stereocenters. The van der Waals surface area contributed by atoms with Crippen LogP contribution in [0.3, 0.4) is 0 Å². The summed E-state index contributed by atoms with van der Waals surface area (Å²) in [5.41, 5.74) is 1.56. The molecule has 9 heteroatoms. The van der Waals surface area contributed by atoms with Gasteiger partial charge in [0.2, 0.25) is 15.0 Å². The Morgan fingerprint density at radius 1 is 1.31 bits per heavy atom. The number of hydrogen-bond acceptors (Lipinski definition) is 5. The number of sulfone groups is 1. The van der Waals surface area contributed by atoms with E-state index < -0.39 is 9.84 Å². The number of hydrogen-bond donors (Lipinski definition) is 1. The van der Waals surface area contributed by atoms with Crippen LogP contribution in [-0.2, 0) is 28.7 Å².